The lowest BCUT2D eigenvalue weighted by molar-refractivity contribution is 0.561. The van der Waals surface area contributed by atoms with Crippen LogP contribution in [-0.4, -0.2) is 9.97 Å². The van der Waals surface area contributed by atoms with Crippen LogP contribution in [0.1, 0.15) is 19.7 Å². The van der Waals surface area contributed by atoms with E-state index in [2.05, 4.69) is 9.97 Å². The van der Waals surface area contributed by atoms with Gasteiger partial charge in [-0.15, -0.1) is 0 Å². The summed E-state index contributed by atoms with van der Waals surface area (Å²) in [5.74, 6) is 0.661. The highest BCUT2D eigenvalue weighted by atomic mass is 16.3. The van der Waals surface area contributed by atoms with E-state index in [0.717, 1.165) is 5.58 Å². The molecule has 64 valence electrons. The molecule has 2 aromatic rings. The summed E-state index contributed by atoms with van der Waals surface area (Å²) in [4.78, 5) is 8.03. The Labute approximate surface area is 71.4 Å². The van der Waals surface area contributed by atoms with E-state index >= 15 is 0 Å². The minimum atomic E-state index is 0.661. The maximum Gasteiger partial charge on any atom is 0.198 e. The largest absolute Gasteiger partial charge is 0.439 e. The number of nitrogens with zero attached hydrogens (tertiary/aromatic N) is 2. The van der Waals surface area contributed by atoms with Crippen LogP contribution in [0.5, 0.6) is 0 Å². The number of pyridine rings is 1. The van der Waals surface area contributed by atoms with Crippen LogP contribution in [0.3, 0.4) is 0 Å². The zero-order valence-corrected chi connectivity index (χ0v) is 7.53. The third kappa shape index (κ3) is 1.61. The van der Waals surface area contributed by atoms with Gasteiger partial charge >= 0.3 is 0 Å². The first-order valence-electron chi connectivity index (χ1n) is 4.04. The number of fused-ring (bicyclic) bond motifs is 1. The molecule has 0 aliphatic heterocycles. The van der Waals surface area contributed by atoms with Crippen molar-refractivity contribution in [1.29, 1.82) is 0 Å². The van der Waals surface area contributed by atoms with Crippen molar-refractivity contribution < 1.29 is 4.42 Å². The lowest BCUT2D eigenvalue weighted by atomic mass is 10.5. The van der Waals surface area contributed by atoms with Gasteiger partial charge < -0.3 is 4.42 Å². The van der Waals surface area contributed by atoms with Gasteiger partial charge in [-0.1, -0.05) is 13.8 Å². The zero-order valence-electron chi connectivity index (χ0n) is 7.53. The minimum absolute atomic E-state index is 0.661. The average Bonchev–Trinajstić information content (AvgIpc) is 2.48. The molecule has 0 unspecified atom stereocenters. The van der Waals surface area contributed by atoms with Gasteiger partial charge in [-0.25, -0.2) is 4.98 Å². The fraction of sp³-hybridized carbons (Fsp3) is 0.333. The smallest absolute Gasteiger partial charge is 0.198 e. The van der Waals surface area contributed by atoms with Crippen LogP contribution in [0, 0.1) is 6.92 Å². The van der Waals surface area contributed by atoms with Crippen LogP contribution >= 0.6 is 0 Å². The second-order valence-corrected chi connectivity index (χ2v) is 2.06. The number of hydrogen-bond acceptors (Lipinski definition) is 3. The van der Waals surface area contributed by atoms with E-state index in [1.165, 1.54) is 0 Å². The second kappa shape index (κ2) is 3.85. The lowest BCUT2D eigenvalue weighted by Crippen LogP contribution is -1.72. The van der Waals surface area contributed by atoms with E-state index in [1.54, 1.807) is 6.20 Å². The van der Waals surface area contributed by atoms with E-state index in [0.29, 0.717) is 11.5 Å². The number of aryl methyl sites for hydroxylation is 1. The fourth-order valence-corrected chi connectivity index (χ4v) is 0.877. The van der Waals surface area contributed by atoms with Gasteiger partial charge in [0.2, 0.25) is 0 Å². The number of aromatic nitrogens is 2. The molecule has 3 heteroatoms. The van der Waals surface area contributed by atoms with Gasteiger partial charge in [0.1, 0.15) is 0 Å². The highest BCUT2D eigenvalue weighted by Gasteiger charge is 1.98. The van der Waals surface area contributed by atoms with Crippen LogP contribution in [0.4, 0.5) is 0 Å². The summed E-state index contributed by atoms with van der Waals surface area (Å²) in [5, 5.41) is 0. The first-order chi connectivity index (χ1) is 5.86. The van der Waals surface area contributed by atoms with E-state index in [-0.39, 0.29) is 0 Å². The van der Waals surface area contributed by atoms with E-state index < -0.39 is 0 Å². The minimum Gasteiger partial charge on any atom is -0.439 e. The molecule has 0 spiro atoms. The van der Waals surface area contributed by atoms with Gasteiger partial charge in [-0.3, -0.25) is 0 Å². The van der Waals surface area contributed by atoms with Crippen LogP contribution in [0.25, 0.3) is 11.2 Å². The Morgan fingerprint density at radius 1 is 1.33 bits per heavy atom. The van der Waals surface area contributed by atoms with E-state index in [1.807, 2.05) is 32.9 Å². The normalized spacial score (nSPS) is 9.25. The van der Waals surface area contributed by atoms with Crippen molar-refractivity contribution in [1.82, 2.24) is 9.97 Å². The van der Waals surface area contributed by atoms with Crippen molar-refractivity contribution in [2.75, 3.05) is 0 Å². The van der Waals surface area contributed by atoms with Crippen LogP contribution in [-0.2, 0) is 0 Å². The summed E-state index contributed by atoms with van der Waals surface area (Å²) in [5.41, 5.74) is 1.43. The highest BCUT2D eigenvalue weighted by Crippen LogP contribution is 2.10. The topological polar surface area (TPSA) is 38.9 Å². The molecule has 3 nitrogen and oxygen atoms in total. The fourth-order valence-electron chi connectivity index (χ4n) is 0.877. The molecular weight excluding hydrogens is 152 g/mol. The Balaban J connectivity index is 0.000000336. The molecule has 2 heterocycles. The van der Waals surface area contributed by atoms with Gasteiger partial charge in [0.05, 0.1) is 0 Å². The van der Waals surface area contributed by atoms with Crippen molar-refractivity contribution in [2.45, 2.75) is 20.8 Å². The van der Waals surface area contributed by atoms with Crippen molar-refractivity contribution >= 4 is 11.2 Å². The van der Waals surface area contributed by atoms with Crippen LogP contribution < -0.4 is 0 Å². The third-order valence-electron chi connectivity index (χ3n) is 1.27. The summed E-state index contributed by atoms with van der Waals surface area (Å²) in [7, 11) is 0. The molecule has 2 rings (SSSR count). The standard InChI is InChI=1S/C7H6N2O.C2H6/c1-5-9-7-6(10-5)3-2-4-8-7;1-2/h2-4H,1H3;1-2H3. The van der Waals surface area contributed by atoms with Gasteiger partial charge in [0.25, 0.3) is 0 Å². The summed E-state index contributed by atoms with van der Waals surface area (Å²) in [6.07, 6.45) is 1.70. The Bertz CT molecular complexity index is 321. The van der Waals surface area contributed by atoms with Crippen molar-refractivity contribution in [3.8, 4) is 0 Å². The number of rotatable bonds is 0. The van der Waals surface area contributed by atoms with Gasteiger partial charge in [0, 0.05) is 13.1 Å². The van der Waals surface area contributed by atoms with Gasteiger partial charge in [-0.05, 0) is 12.1 Å². The van der Waals surface area contributed by atoms with Gasteiger partial charge in [-0.2, -0.15) is 4.98 Å². The summed E-state index contributed by atoms with van der Waals surface area (Å²) < 4.78 is 5.19. The lowest BCUT2D eigenvalue weighted by Gasteiger charge is -1.79. The molecule has 0 atom stereocenters. The molecule has 2 aromatic heterocycles. The Morgan fingerprint density at radius 2 is 2.08 bits per heavy atom. The first-order valence-corrected chi connectivity index (χ1v) is 4.04. The first kappa shape index (κ1) is 8.71. The molecule has 0 fully saturated rings. The monoisotopic (exact) mass is 164 g/mol. The predicted octanol–water partition coefficient (Wildman–Crippen LogP) is 2.56. The Kier molecular flexibility index (Phi) is 2.80. The van der Waals surface area contributed by atoms with E-state index in [4.69, 9.17) is 4.42 Å². The second-order valence-electron chi connectivity index (χ2n) is 2.06. The summed E-state index contributed by atoms with van der Waals surface area (Å²) in [6.45, 7) is 5.81. The SMILES string of the molecule is CC.Cc1nc2ncccc2o1. The zero-order chi connectivity index (χ0) is 8.97. The molecule has 0 aliphatic rings. The molecule has 0 bridgehead atoms. The molecular formula is C9H12N2O. The molecule has 0 aromatic carbocycles. The van der Waals surface area contributed by atoms with E-state index in [9.17, 15) is 0 Å². The maximum absolute atomic E-state index is 5.19. The molecule has 0 saturated heterocycles. The number of hydrogen-bond donors (Lipinski definition) is 0. The molecule has 12 heavy (non-hydrogen) atoms. The van der Waals surface area contributed by atoms with Crippen molar-refractivity contribution in [3.63, 3.8) is 0 Å². The summed E-state index contributed by atoms with van der Waals surface area (Å²) in [6, 6.07) is 3.68. The maximum atomic E-state index is 5.19. The highest BCUT2D eigenvalue weighted by molar-refractivity contribution is 5.66. The molecule has 0 amide bonds. The quantitative estimate of drug-likeness (QED) is 0.600. The third-order valence-corrected chi connectivity index (χ3v) is 1.27. The molecule has 0 aliphatic carbocycles. The molecule has 0 radical (unpaired) electrons. The summed E-state index contributed by atoms with van der Waals surface area (Å²) >= 11 is 0. The van der Waals surface area contributed by atoms with Crippen LogP contribution in [0.2, 0.25) is 0 Å². The average molecular weight is 164 g/mol. The molecule has 0 saturated carbocycles. The predicted molar refractivity (Wildman–Crippen MR) is 47.9 cm³/mol. The van der Waals surface area contributed by atoms with Gasteiger partial charge in [0.15, 0.2) is 17.1 Å². The van der Waals surface area contributed by atoms with Crippen LogP contribution in [0.15, 0.2) is 22.7 Å². The Hall–Kier alpha value is -1.38. The molecule has 0 N–H and O–H groups in total. The van der Waals surface area contributed by atoms with Crippen molar-refractivity contribution in [2.24, 2.45) is 0 Å². The van der Waals surface area contributed by atoms with Crippen molar-refractivity contribution in [3.05, 3.63) is 24.2 Å². The number of oxazole rings is 1. The Morgan fingerprint density at radius 3 is 2.75 bits per heavy atom.